The van der Waals surface area contributed by atoms with Gasteiger partial charge in [-0.3, -0.25) is 9.59 Å². The molecule has 0 radical (unpaired) electrons. The van der Waals surface area contributed by atoms with Crippen LogP contribution in [0, 0.1) is 0 Å². The van der Waals surface area contributed by atoms with E-state index >= 15 is 0 Å². The van der Waals surface area contributed by atoms with Crippen LogP contribution < -0.4 is 9.47 Å². The molecule has 6 heteroatoms. The number of carboxylic acids is 1. The van der Waals surface area contributed by atoms with Crippen LogP contribution >= 0.6 is 0 Å². The number of nitrogens with zero attached hydrogens (tertiary/aromatic N) is 1. The fourth-order valence-electron chi connectivity index (χ4n) is 2.36. The standard InChI is InChI=1S/C16H21NO5/c1-11(2)17(6-5-16(19)20)15(18)10-12-3-4-13-14(9-12)22-8-7-21-13/h3-4,9,11H,5-8,10H2,1-2H3,(H,19,20). The predicted molar refractivity (Wildman–Crippen MR) is 80.2 cm³/mol. The van der Waals surface area contributed by atoms with Gasteiger partial charge in [-0.1, -0.05) is 6.07 Å². The van der Waals surface area contributed by atoms with Crippen molar-refractivity contribution in [3.8, 4) is 11.5 Å². The van der Waals surface area contributed by atoms with Crippen LogP contribution in [0.5, 0.6) is 11.5 Å². The molecule has 0 bridgehead atoms. The van der Waals surface area contributed by atoms with Crippen LogP contribution in [0.4, 0.5) is 0 Å². The number of fused-ring (bicyclic) bond motifs is 1. The number of benzene rings is 1. The van der Waals surface area contributed by atoms with Crippen molar-refractivity contribution in [1.29, 1.82) is 0 Å². The number of carbonyl (C=O) groups is 2. The molecule has 0 aliphatic carbocycles. The van der Waals surface area contributed by atoms with Crippen LogP contribution in [0.15, 0.2) is 18.2 Å². The van der Waals surface area contributed by atoms with Crippen molar-refractivity contribution < 1.29 is 24.2 Å². The fraction of sp³-hybridized carbons (Fsp3) is 0.500. The molecule has 1 aliphatic rings. The van der Waals surface area contributed by atoms with Crippen LogP contribution in [0.25, 0.3) is 0 Å². The minimum Gasteiger partial charge on any atom is -0.486 e. The minimum atomic E-state index is -0.905. The highest BCUT2D eigenvalue weighted by Crippen LogP contribution is 2.31. The maximum Gasteiger partial charge on any atom is 0.305 e. The molecule has 120 valence electrons. The van der Waals surface area contributed by atoms with Gasteiger partial charge in [0, 0.05) is 12.6 Å². The third-order valence-corrected chi connectivity index (χ3v) is 3.47. The maximum atomic E-state index is 12.4. The number of ether oxygens (including phenoxy) is 2. The zero-order chi connectivity index (χ0) is 16.1. The monoisotopic (exact) mass is 307 g/mol. The molecule has 6 nitrogen and oxygen atoms in total. The Balaban J connectivity index is 2.04. The summed E-state index contributed by atoms with van der Waals surface area (Å²) in [5.41, 5.74) is 0.829. The summed E-state index contributed by atoms with van der Waals surface area (Å²) in [6.07, 6.45) is 0.166. The first-order valence-electron chi connectivity index (χ1n) is 7.37. The van der Waals surface area contributed by atoms with Crippen LogP contribution in [-0.2, 0) is 16.0 Å². The molecule has 1 aromatic rings. The summed E-state index contributed by atoms with van der Waals surface area (Å²) < 4.78 is 11.0. The molecule has 2 rings (SSSR count). The highest BCUT2D eigenvalue weighted by molar-refractivity contribution is 5.80. The van der Waals surface area contributed by atoms with Gasteiger partial charge in [-0.2, -0.15) is 0 Å². The lowest BCUT2D eigenvalue weighted by Crippen LogP contribution is -2.39. The number of hydrogen-bond donors (Lipinski definition) is 1. The normalized spacial score (nSPS) is 13.0. The quantitative estimate of drug-likeness (QED) is 0.866. The topological polar surface area (TPSA) is 76.1 Å². The molecule has 0 aromatic heterocycles. The molecule has 0 spiro atoms. The molecule has 0 fully saturated rings. The minimum absolute atomic E-state index is 0.0379. The summed E-state index contributed by atoms with van der Waals surface area (Å²) in [7, 11) is 0. The van der Waals surface area contributed by atoms with Gasteiger partial charge in [0.1, 0.15) is 13.2 Å². The Hall–Kier alpha value is -2.24. The third kappa shape index (κ3) is 4.13. The molecule has 0 saturated heterocycles. The van der Waals surface area contributed by atoms with E-state index in [0.29, 0.717) is 24.7 Å². The number of rotatable bonds is 6. The number of hydrogen-bond acceptors (Lipinski definition) is 4. The number of carbonyl (C=O) groups excluding carboxylic acids is 1. The number of carboxylic acid groups (broad SMARTS) is 1. The van der Waals surface area contributed by atoms with Crippen LogP contribution in [0.2, 0.25) is 0 Å². The van der Waals surface area contributed by atoms with E-state index in [2.05, 4.69) is 0 Å². The van der Waals surface area contributed by atoms with Gasteiger partial charge in [0.2, 0.25) is 5.91 Å². The average molecular weight is 307 g/mol. The fourth-order valence-corrected chi connectivity index (χ4v) is 2.36. The number of amides is 1. The predicted octanol–water partition coefficient (Wildman–Crippen LogP) is 1.71. The Morgan fingerprint density at radius 2 is 1.91 bits per heavy atom. The summed E-state index contributed by atoms with van der Waals surface area (Å²) in [6, 6.07) is 5.40. The summed E-state index contributed by atoms with van der Waals surface area (Å²) in [6.45, 7) is 5.01. The van der Waals surface area contributed by atoms with Gasteiger partial charge in [0.25, 0.3) is 0 Å². The molecule has 0 atom stereocenters. The van der Waals surface area contributed by atoms with Crippen molar-refractivity contribution in [2.24, 2.45) is 0 Å². The lowest BCUT2D eigenvalue weighted by atomic mass is 10.1. The molecule has 1 N–H and O–H groups in total. The van der Waals surface area contributed by atoms with E-state index in [9.17, 15) is 9.59 Å². The van der Waals surface area contributed by atoms with Crippen molar-refractivity contribution in [3.63, 3.8) is 0 Å². The largest absolute Gasteiger partial charge is 0.486 e. The molecule has 1 aliphatic heterocycles. The van der Waals surface area contributed by atoms with Gasteiger partial charge in [0.15, 0.2) is 11.5 Å². The van der Waals surface area contributed by atoms with Crippen molar-refractivity contribution in [2.75, 3.05) is 19.8 Å². The molecule has 0 unspecified atom stereocenters. The Labute approximate surface area is 129 Å². The second kappa shape index (κ2) is 7.15. The van der Waals surface area contributed by atoms with Gasteiger partial charge in [-0.15, -0.1) is 0 Å². The average Bonchev–Trinajstić information content (AvgIpc) is 2.46. The van der Waals surface area contributed by atoms with Crippen molar-refractivity contribution in [2.45, 2.75) is 32.7 Å². The van der Waals surface area contributed by atoms with Crippen molar-refractivity contribution >= 4 is 11.9 Å². The lowest BCUT2D eigenvalue weighted by Gasteiger charge is -2.26. The Bertz CT molecular complexity index is 555. The first-order chi connectivity index (χ1) is 10.5. The second-order valence-electron chi connectivity index (χ2n) is 5.48. The Morgan fingerprint density at radius 1 is 1.23 bits per heavy atom. The lowest BCUT2D eigenvalue weighted by molar-refractivity contribution is -0.139. The molecular formula is C16H21NO5. The summed E-state index contributed by atoms with van der Waals surface area (Å²) >= 11 is 0. The van der Waals surface area contributed by atoms with E-state index in [1.807, 2.05) is 26.0 Å². The second-order valence-corrected chi connectivity index (χ2v) is 5.48. The van der Waals surface area contributed by atoms with E-state index in [-0.39, 0.29) is 31.3 Å². The smallest absolute Gasteiger partial charge is 0.305 e. The van der Waals surface area contributed by atoms with Gasteiger partial charge >= 0.3 is 5.97 Å². The Morgan fingerprint density at radius 3 is 2.55 bits per heavy atom. The molecule has 1 aromatic carbocycles. The third-order valence-electron chi connectivity index (χ3n) is 3.47. The maximum absolute atomic E-state index is 12.4. The van der Waals surface area contributed by atoms with E-state index in [4.69, 9.17) is 14.6 Å². The van der Waals surface area contributed by atoms with E-state index in [0.717, 1.165) is 5.56 Å². The van der Waals surface area contributed by atoms with Gasteiger partial charge in [-0.25, -0.2) is 0 Å². The summed E-state index contributed by atoms with van der Waals surface area (Å²) in [4.78, 5) is 24.7. The SMILES string of the molecule is CC(C)N(CCC(=O)O)C(=O)Cc1ccc2c(c1)OCCO2. The molecular weight excluding hydrogens is 286 g/mol. The zero-order valence-electron chi connectivity index (χ0n) is 12.9. The van der Waals surface area contributed by atoms with Crippen LogP contribution in [0.3, 0.4) is 0 Å². The first kappa shape index (κ1) is 16.1. The van der Waals surface area contributed by atoms with Crippen LogP contribution in [0.1, 0.15) is 25.8 Å². The molecule has 1 amide bonds. The zero-order valence-corrected chi connectivity index (χ0v) is 12.9. The van der Waals surface area contributed by atoms with Crippen LogP contribution in [-0.4, -0.2) is 47.7 Å². The molecule has 0 saturated carbocycles. The number of aliphatic carboxylic acids is 1. The highest BCUT2D eigenvalue weighted by atomic mass is 16.6. The van der Waals surface area contributed by atoms with Gasteiger partial charge in [-0.05, 0) is 31.5 Å². The van der Waals surface area contributed by atoms with Crippen molar-refractivity contribution in [3.05, 3.63) is 23.8 Å². The summed E-state index contributed by atoms with van der Waals surface area (Å²) in [5.74, 6) is 0.345. The van der Waals surface area contributed by atoms with E-state index in [1.54, 1.807) is 11.0 Å². The highest BCUT2D eigenvalue weighted by Gasteiger charge is 2.19. The molecule has 1 heterocycles. The van der Waals surface area contributed by atoms with E-state index < -0.39 is 5.97 Å². The van der Waals surface area contributed by atoms with Crippen molar-refractivity contribution in [1.82, 2.24) is 4.90 Å². The summed E-state index contributed by atoms with van der Waals surface area (Å²) in [5, 5.41) is 8.78. The molecule has 22 heavy (non-hydrogen) atoms. The first-order valence-corrected chi connectivity index (χ1v) is 7.37. The van der Waals surface area contributed by atoms with Gasteiger partial charge in [0.05, 0.1) is 12.8 Å². The van der Waals surface area contributed by atoms with Gasteiger partial charge < -0.3 is 19.5 Å². The van der Waals surface area contributed by atoms with E-state index in [1.165, 1.54) is 0 Å². The Kier molecular flexibility index (Phi) is 5.25.